The van der Waals surface area contributed by atoms with Crippen molar-refractivity contribution in [2.24, 2.45) is 0 Å². The minimum Gasteiger partial charge on any atom is -0.393 e. The van der Waals surface area contributed by atoms with Gasteiger partial charge in [-0.25, -0.2) is 0 Å². The van der Waals surface area contributed by atoms with Gasteiger partial charge in [-0.2, -0.15) is 6.07 Å². The van der Waals surface area contributed by atoms with Gasteiger partial charge in [-0.05, 0) is 0 Å². The molecule has 0 radical (unpaired) electrons. The van der Waals surface area contributed by atoms with Crippen molar-refractivity contribution in [3.8, 4) is 0 Å². The molecule has 1 nitrogen and oxygen atoms in total. The predicted octanol–water partition coefficient (Wildman–Crippen LogP) is 1.95. The summed E-state index contributed by atoms with van der Waals surface area (Å²) in [6, 6.07) is 1.84. The van der Waals surface area contributed by atoms with Crippen LogP contribution < -0.4 is 0 Å². The van der Waals surface area contributed by atoms with E-state index in [9.17, 15) is 0 Å². The van der Waals surface area contributed by atoms with Gasteiger partial charge in [0.25, 0.3) is 0 Å². The zero-order valence-corrected chi connectivity index (χ0v) is 9.41. The van der Waals surface area contributed by atoms with Gasteiger partial charge < -0.3 is 4.98 Å². The molecule has 0 bridgehead atoms. The molecule has 0 aliphatic rings. The van der Waals surface area contributed by atoms with E-state index >= 15 is 0 Å². The van der Waals surface area contributed by atoms with Crippen LogP contribution in [0.1, 0.15) is 5.56 Å². The van der Waals surface area contributed by atoms with E-state index < -0.39 is 0 Å². The SMILES string of the molecule is Cc1c[c-]ncc1Br.[W]. The number of pyridine rings is 1. The van der Waals surface area contributed by atoms with Crippen LogP contribution in [-0.2, 0) is 21.1 Å². The van der Waals surface area contributed by atoms with Crippen LogP contribution in [-0.4, -0.2) is 4.98 Å². The Kier molecular flexibility index (Phi) is 4.33. The molecule has 1 aromatic heterocycles. The Morgan fingerprint density at radius 3 is 2.67 bits per heavy atom. The van der Waals surface area contributed by atoms with Gasteiger partial charge in [0.1, 0.15) is 0 Å². The molecular formula is C6H5BrNW-. The van der Waals surface area contributed by atoms with Crippen LogP contribution in [0.15, 0.2) is 16.7 Å². The third-order valence-electron chi connectivity index (χ3n) is 0.910. The molecule has 3 heteroatoms. The van der Waals surface area contributed by atoms with Crippen molar-refractivity contribution in [3.05, 3.63) is 28.5 Å². The molecule has 0 N–H and O–H groups in total. The molecule has 0 fully saturated rings. The first-order valence-electron chi connectivity index (χ1n) is 2.29. The quantitative estimate of drug-likeness (QED) is 0.649. The second kappa shape index (κ2) is 4.18. The first kappa shape index (κ1) is 9.32. The van der Waals surface area contributed by atoms with Crippen molar-refractivity contribution >= 4 is 15.9 Å². The molecule has 1 aromatic rings. The van der Waals surface area contributed by atoms with E-state index in [4.69, 9.17) is 0 Å². The Morgan fingerprint density at radius 1 is 1.67 bits per heavy atom. The Labute approximate surface area is 77.3 Å². The maximum absolute atomic E-state index is 3.77. The Balaban J connectivity index is 0.000000640. The second-order valence-corrected chi connectivity index (χ2v) is 2.42. The zero-order valence-electron chi connectivity index (χ0n) is 4.89. The Morgan fingerprint density at radius 2 is 2.33 bits per heavy atom. The van der Waals surface area contributed by atoms with E-state index in [-0.39, 0.29) is 21.1 Å². The number of halogens is 1. The summed E-state index contributed by atoms with van der Waals surface area (Å²) < 4.78 is 1.04. The van der Waals surface area contributed by atoms with Gasteiger partial charge in [0.15, 0.2) is 0 Å². The molecular weight excluding hydrogens is 350 g/mol. The Hall–Kier alpha value is 0.318. The maximum Gasteiger partial charge on any atom is 0 e. The smallest absolute Gasteiger partial charge is 0 e. The number of hydrogen-bond donors (Lipinski definition) is 0. The van der Waals surface area contributed by atoms with Crippen molar-refractivity contribution in [1.29, 1.82) is 0 Å². The zero-order chi connectivity index (χ0) is 5.98. The van der Waals surface area contributed by atoms with Crippen LogP contribution in [0, 0.1) is 13.1 Å². The number of aryl methyl sites for hydroxylation is 1. The van der Waals surface area contributed by atoms with E-state index in [1.807, 2.05) is 13.0 Å². The monoisotopic (exact) mass is 354 g/mol. The largest absolute Gasteiger partial charge is 0.393 e. The minimum absolute atomic E-state index is 0. The van der Waals surface area contributed by atoms with E-state index in [0.717, 1.165) is 4.47 Å². The summed E-state index contributed by atoms with van der Waals surface area (Å²) in [4.78, 5) is 3.77. The third-order valence-corrected chi connectivity index (χ3v) is 1.74. The number of nitrogens with zero attached hydrogens (tertiary/aromatic N) is 1. The van der Waals surface area contributed by atoms with Gasteiger partial charge in [0, 0.05) is 21.1 Å². The fourth-order valence-electron chi connectivity index (χ4n) is 0.399. The first-order valence-corrected chi connectivity index (χ1v) is 3.08. The van der Waals surface area contributed by atoms with Crippen LogP contribution in [0.2, 0.25) is 0 Å². The molecule has 48 valence electrons. The minimum atomic E-state index is 0. The summed E-state index contributed by atoms with van der Waals surface area (Å²) in [6.07, 6.45) is 4.45. The maximum atomic E-state index is 3.77. The molecule has 0 amide bonds. The van der Waals surface area contributed by atoms with Crippen molar-refractivity contribution in [2.45, 2.75) is 6.92 Å². The van der Waals surface area contributed by atoms with Crippen LogP contribution in [0.4, 0.5) is 0 Å². The standard InChI is InChI=1S/C6H5BrN.W/c1-5-2-3-8-4-6(5)7;/h2,4H,1H3;/q-1;. The van der Waals surface area contributed by atoms with Gasteiger partial charge in [0.05, 0.1) is 0 Å². The fraction of sp³-hybridized carbons (Fsp3) is 0.167. The summed E-state index contributed by atoms with van der Waals surface area (Å²) in [6.45, 7) is 2.00. The summed E-state index contributed by atoms with van der Waals surface area (Å²) in [5.74, 6) is 0. The summed E-state index contributed by atoms with van der Waals surface area (Å²) in [5.41, 5.74) is 1.17. The average molecular weight is 355 g/mol. The van der Waals surface area contributed by atoms with Crippen LogP contribution in [0.5, 0.6) is 0 Å². The van der Waals surface area contributed by atoms with Crippen molar-refractivity contribution < 1.29 is 21.1 Å². The van der Waals surface area contributed by atoms with Crippen LogP contribution in [0.3, 0.4) is 0 Å². The molecule has 0 atom stereocenters. The van der Waals surface area contributed by atoms with Crippen molar-refractivity contribution in [2.75, 3.05) is 0 Å². The normalized spacial score (nSPS) is 8.22. The summed E-state index contributed by atoms with van der Waals surface area (Å²) in [7, 11) is 0. The first-order chi connectivity index (χ1) is 3.80. The molecule has 0 unspecified atom stereocenters. The fourth-order valence-corrected chi connectivity index (χ4v) is 0.616. The molecule has 0 aromatic carbocycles. The van der Waals surface area contributed by atoms with E-state index in [2.05, 4.69) is 27.1 Å². The van der Waals surface area contributed by atoms with Gasteiger partial charge >= 0.3 is 0 Å². The Bertz CT molecular complexity index is 169. The molecule has 9 heavy (non-hydrogen) atoms. The number of aromatic nitrogens is 1. The topological polar surface area (TPSA) is 12.9 Å². The van der Waals surface area contributed by atoms with E-state index in [0.29, 0.717) is 0 Å². The molecule has 0 aliphatic carbocycles. The molecule has 0 saturated carbocycles. The van der Waals surface area contributed by atoms with Crippen molar-refractivity contribution in [3.63, 3.8) is 0 Å². The average Bonchev–Trinajstić information content (AvgIpc) is 1.77. The molecule has 1 rings (SSSR count). The van der Waals surface area contributed by atoms with E-state index in [1.54, 1.807) is 6.20 Å². The summed E-state index contributed by atoms with van der Waals surface area (Å²) in [5, 5.41) is 0. The summed E-state index contributed by atoms with van der Waals surface area (Å²) >= 11 is 3.31. The second-order valence-electron chi connectivity index (χ2n) is 1.56. The van der Waals surface area contributed by atoms with Gasteiger partial charge in [-0.15, -0.1) is 5.56 Å². The predicted molar refractivity (Wildman–Crippen MR) is 35.5 cm³/mol. The number of rotatable bonds is 0. The molecule has 0 aliphatic heterocycles. The van der Waals surface area contributed by atoms with Crippen LogP contribution in [0.25, 0.3) is 0 Å². The van der Waals surface area contributed by atoms with Gasteiger partial charge in [-0.1, -0.05) is 39.7 Å². The third kappa shape index (κ3) is 2.59. The van der Waals surface area contributed by atoms with Gasteiger partial charge in [-0.3, -0.25) is 0 Å². The van der Waals surface area contributed by atoms with E-state index in [1.165, 1.54) is 5.56 Å². The number of hydrogen-bond acceptors (Lipinski definition) is 1. The van der Waals surface area contributed by atoms with Crippen molar-refractivity contribution in [1.82, 2.24) is 4.98 Å². The van der Waals surface area contributed by atoms with Gasteiger partial charge in [0.2, 0.25) is 0 Å². The molecule has 0 saturated heterocycles. The molecule has 0 spiro atoms. The molecule has 1 heterocycles. The van der Waals surface area contributed by atoms with Crippen LogP contribution >= 0.6 is 15.9 Å².